The number of methoxy groups -OCH3 is 1. The molecule has 11 heteroatoms. The summed E-state index contributed by atoms with van der Waals surface area (Å²) in [5.74, 6) is 0.217. The molecule has 1 aromatic carbocycles. The highest BCUT2D eigenvalue weighted by molar-refractivity contribution is 5.95. The van der Waals surface area contributed by atoms with Crippen LogP contribution in [-0.2, 0) is 6.54 Å². The molecule has 0 aliphatic heterocycles. The number of furan rings is 1. The Morgan fingerprint density at radius 1 is 1.46 bits per heavy atom. The normalized spacial score (nSPS) is 10.9. The van der Waals surface area contributed by atoms with Crippen LogP contribution in [-0.4, -0.2) is 38.9 Å². The number of hydrogen-bond donors (Lipinski definition) is 1. The second kappa shape index (κ2) is 8.12. The molecule has 3 aromatic rings. The summed E-state index contributed by atoms with van der Waals surface area (Å²) < 4.78 is 11.7. The number of carbonyl (C=O) groups excluding carboxylic acids is 1. The third kappa shape index (κ3) is 4.20. The Labute approximate surface area is 158 Å². The Morgan fingerprint density at radius 3 is 2.93 bits per heavy atom. The molecule has 28 heavy (non-hydrogen) atoms. The van der Waals surface area contributed by atoms with Crippen molar-refractivity contribution in [3.63, 3.8) is 0 Å². The number of ether oxygens (including phenoxy) is 1. The van der Waals surface area contributed by atoms with Gasteiger partial charge in [0.15, 0.2) is 0 Å². The number of carbonyl (C=O) groups is 1. The van der Waals surface area contributed by atoms with Gasteiger partial charge in [-0.1, -0.05) is 4.98 Å². The van der Waals surface area contributed by atoms with Gasteiger partial charge in [-0.3, -0.25) is 4.79 Å². The first-order chi connectivity index (χ1) is 13.5. The highest BCUT2D eigenvalue weighted by Gasteiger charge is 2.15. The molecule has 0 unspecified atom stereocenters. The Bertz CT molecular complexity index is 1040. The van der Waals surface area contributed by atoms with Gasteiger partial charge in [-0.05, 0) is 41.7 Å². The summed E-state index contributed by atoms with van der Waals surface area (Å²) in [5, 5.41) is 18.4. The molecule has 1 amide bonds. The van der Waals surface area contributed by atoms with Crippen LogP contribution in [0.3, 0.4) is 0 Å². The Kier molecular flexibility index (Phi) is 5.44. The Hall–Kier alpha value is -4.02. The average Bonchev–Trinajstić information content (AvgIpc) is 3.31. The molecule has 0 aliphatic carbocycles. The standard InChI is InChI=1S/C17H16N6O5/c1-11-14(5-6-28-11)16(24)20-19-8-12-3-4-15(27-2)13(7-12)9-22-10-18-17(21-22)23(25)26/h3-8,10H,9H2,1-2H3,(H,20,24)/b19-8+. The summed E-state index contributed by atoms with van der Waals surface area (Å²) in [6.07, 6.45) is 4.17. The van der Waals surface area contributed by atoms with Crippen molar-refractivity contribution in [3.05, 3.63) is 69.4 Å². The van der Waals surface area contributed by atoms with Gasteiger partial charge in [-0.15, -0.1) is 0 Å². The van der Waals surface area contributed by atoms with Crippen LogP contribution in [0.15, 0.2) is 46.4 Å². The molecule has 0 fully saturated rings. The highest BCUT2D eigenvalue weighted by atomic mass is 16.6. The second-order valence-corrected chi connectivity index (χ2v) is 5.66. The SMILES string of the molecule is COc1ccc(/C=N/NC(=O)c2ccoc2C)cc1Cn1cnc([N+](=O)[O-])n1. The fourth-order valence-electron chi connectivity index (χ4n) is 2.47. The average molecular weight is 384 g/mol. The first-order valence-corrected chi connectivity index (χ1v) is 8.06. The molecule has 3 rings (SSSR count). The predicted molar refractivity (Wildman–Crippen MR) is 97.3 cm³/mol. The van der Waals surface area contributed by atoms with Crippen molar-refractivity contribution in [3.8, 4) is 5.75 Å². The van der Waals surface area contributed by atoms with Crippen LogP contribution in [0.25, 0.3) is 0 Å². The number of hydrazone groups is 1. The van der Waals surface area contributed by atoms with Crippen molar-refractivity contribution in [1.82, 2.24) is 20.2 Å². The summed E-state index contributed by atoms with van der Waals surface area (Å²) in [6, 6.07) is 6.81. The zero-order valence-electron chi connectivity index (χ0n) is 15.0. The summed E-state index contributed by atoms with van der Waals surface area (Å²) in [7, 11) is 1.52. The lowest BCUT2D eigenvalue weighted by Gasteiger charge is -2.08. The van der Waals surface area contributed by atoms with Gasteiger partial charge in [0.05, 0.1) is 31.7 Å². The van der Waals surface area contributed by atoms with Crippen molar-refractivity contribution in [2.24, 2.45) is 5.10 Å². The number of amides is 1. The van der Waals surface area contributed by atoms with Gasteiger partial charge in [0, 0.05) is 10.7 Å². The van der Waals surface area contributed by atoms with Crippen molar-refractivity contribution >= 4 is 18.1 Å². The first-order valence-electron chi connectivity index (χ1n) is 8.06. The van der Waals surface area contributed by atoms with Crippen LogP contribution in [0.4, 0.5) is 5.95 Å². The monoisotopic (exact) mass is 384 g/mol. The molecular formula is C17H16N6O5. The quantitative estimate of drug-likeness (QED) is 0.373. The van der Waals surface area contributed by atoms with Gasteiger partial charge >= 0.3 is 5.95 Å². The number of aryl methyl sites for hydroxylation is 1. The number of nitrogens with zero attached hydrogens (tertiary/aromatic N) is 5. The van der Waals surface area contributed by atoms with Crippen molar-refractivity contribution in [2.45, 2.75) is 13.5 Å². The van der Waals surface area contributed by atoms with E-state index in [1.54, 1.807) is 31.2 Å². The Balaban J connectivity index is 1.73. The number of aromatic nitrogens is 3. The van der Waals surface area contributed by atoms with Gasteiger partial charge in [0.25, 0.3) is 5.91 Å². The molecule has 11 nitrogen and oxygen atoms in total. The number of nitro groups is 1. The van der Waals surface area contributed by atoms with Gasteiger partial charge in [-0.2, -0.15) is 9.78 Å². The molecule has 2 aromatic heterocycles. The molecule has 144 valence electrons. The molecule has 0 bridgehead atoms. The summed E-state index contributed by atoms with van der Waals surface area (Å²) in [5.41, 5.74) is 4.23. The van der Waals surface area contributed by atoms with Gasteiger partial charge < -0.3 is 19.3 Å². The number of nitrogens with one attached hydrogen (secondary N) is 1. The molecule has 1 N–H and O–H groups in total. The predicted octanol–water partition coefficient (Wildman–Crippen LogP) is 1.91. The molecule has 0 atom stereocenters. The van der Waals surface area contributed by atoms with E-state index in [4.69, 9.17) is 9.15 Å². The van der Waals surface area contributed by atoms with Crippen LogP contribution in [0.1, 0.15) is 27.2 Å². The third-order valence-electron chi connectivity index (χ3n) is 3.81. The summed E-state index contributed by atoms with van der Waals surface area (Å²) >= 11 is 0. The van der Waals surface area contributed by atoms with Crippen LogP contribution in [0.5, 0.6) is 5.75 Å². The van der Waals surface area contributed by atoms with E-state index in [-0.39, 0.29) is 12.5 Å². The van der Waals surface area contributed by atoms with E-state index >= 15 is 0 Å². The number of rotatable bonds is 7. The minimum absolute atomic E-state index is 0.215. The second-order valence-electron chi connectivity index (χ2n) is 5.66. The fraction of sp³-hybridized carbons (Fsp3) is 0.176. The maximum atomic E-state index is 12.0. The van der Waals surface area contributed by atoms with E-state index in [2.05, 4.69) is 20.6 Å². The van der Waals surface area contributed by atoms with E-state index in [0.717, 1.165) is 0 Å². The number of benzene rings is 1. The molecule has 0 saturated heterocycles. The lowest BCUT2D eigenvalue weighted by Crippen LogP contribution is -2.17. The molecule has 0 aliphatic rings. The minimum atomic E-state index is -0.665. The van der Waals surface area contributed by atoms with E-state index in [0.29, 0.717) is 28.2 Å². The van der Waals surface area contributed by atoms with Gasteiger partial charge in [0.1, 0.15) is 11.5 Å². The van der Waals surface area contributed by atoms with E-state index in [9.17, 15) is 14.9 Å². The molecule has 0 radical (unpaired) electrons. The van der Waals surface area contributed by atoms with Crippen LogP contribution >= 0.6 is 0 Å². The maximum Gasteiger partial charge on any atom is 0.490 e. The first kappa shape index (κ1) is 18.8. The highest BCUT2D eigenvalue weighted by Crippen LogP contribution is 2.20. The van der Waals surface area contributed by atoms with Gasteiger partial charge in [-0.25, -0.2) is 5.43 Å². The van der Waals surface area contributed by atoms with E-state index in [1.165, 1.54) is 30.6 Å². The van der Waals surface area contributed by atoms with Crippen molar-refractivity contribution in [2.75, 3.05) is 7.11 Å². The molecule has 2 heterocycles. The smallest absolute Gasteiger partial charge is 0.490 e. The van der Waals surface area contributed by atoms with Crippen molar-refractivity contribution < 1.29 is 18.9 Å². The van der Waals surface area contributed by atoms with Gasteiger partial charge in [0.2, 0.25) is 6.33 Å². The number of hydrogen-bond acceptors (Lipinski definition) is 8. The van der Waals surface area contributed by atoms with Crippen LogP contribution < -0.4 is 10.2 Å². The molecule has 0 spiro atoms. The largest absolute Gasteiger partial charge is 0.496 e. The van der Waals surface area contributed by atoms with Crippen LogP contribution in [0.2, 0.25) is 0 Å². The topological polar surface area (TPSA) is 138 Å². The summed E-state index contributed by atoms with van der Waals surface area (Å²) in [6.45, 7) is 1.90. The van der Waals surface area contributed by atoms with Crippen molar-refractivity contribution in [1.29, 1.82) is 0 Å². The summed E-state index contributed by atoms with van der Waals surface area (Å²) in [4.78, 5) is 25.7. The lowest BCUT2D eigenvalue weighted by atomic mass is 10.1. The fourth-order valence-corrected chi connectivity index (χ4v) is 2.47. The maximum absolute atomic E-state index is 12.0. The zero-order chi connectivity index (χ0) is 20.1. The van der Waals surface area contributed by atoms with E-state index in [1.807, 2.05) is 0 Å². The molecular weight excluding hydrogens is 368 g/mol. The minimum Gasteiger partial charge on any atom is -0.496 e. The Morgan fingerprint density at radius 2 is 2.29 bits per heavy atom. The van der Waals surface area contributed by atoms with E-state index < -0.39 is 10.9 Å². The molecule has 0 saturated carbocycles. The lowest BCUT2D eigenvalue weighted by molar-refractivity contribution is -0.394. The third-order valence-corrected chi connectivity index (χ3v) is 3.81. The van der Waals surface area contributed by atoms with Crippen LogP contribution in [0, 0.1) is 17.0 Å². The zero-order valence-corrected chi connectivity index (χ0v) is 15.0.